The highest BCUT2D eigenvalue weighted by Crippen LogP contribution is 2.43. The van der Waals surface area contributed by atoms with Gasteiger partial charge in [-0.05, 0) is 95.8 Å². The molecule has 1 N–H and O–H groups in total. The molecule has 1 fully saturated rings. The Bertz CT molecular complexity index is 1400. The van der Waals surface area contributed by atoms with E-state index in [9.17, 15) is 14.3 Å². The molecular formula is C33H34Cl2FNO3. The lowest BCUT2D eigenvalue weighted by Crippen LogP contribution is -2.50. The van der Waals surface area contributed by atoms with E-state index in [1.165, 1.54) is 0 Å². The molecule has 4 nitrogen and oxygen atoms in total. The molecule has 40 heavy (non-hydrogen) atoms. The molecule has 0 bridgehead atoms. The van der Waals surface area contributed by atoms with E-state index in [0.29, 0.717) is 34.6 Å². The number of aryl methyl sites for hydroxylation is 1. The van der Waals surface area contributed by atoms with Gasteiger partial charge >= 0.3 is 5.97 Å². The van der Waals surface area contributed by atoms with Crippen LogP contribution in [0.2, 0.25) is 10.0 Å². The van der Waals surface area contributed by atoms with Crippen molar-refractivity contribution in [2.45, 2.75) is 38.7 Å². The second kappa shape index (κ2) is 12.9. The zero-order valence-corrected chi connectivity index (χ0v) is 24.1. The van der Waals surface area contributed by atoms with Gasteiger partial charge in [-0.15, -0.1) is 0 Å². The minimum absolute atomic E-state index is 0.0145. The van der Waals surface area contributed by atoms with Crippen LogP contribution in [-0.2, 0) is 11.2 Å². The largest absolute Gasteiger partial charge is 0.478 e. The van der Waals surface area contributed by atoms with Crippen LogP contribution in [0.1, 0.15) is 70.5 Å². The summed E-state index contributed by atoms with van der Waals surface area (Å²) in [5, 5.41) is 10.8. The maximum absolute atomic E-state index is 12.6. The van der Waals surface area contributed by atoms with Crippen molar-refractivity contribution >= 4 is 40.3 Å². The predicted octanol–water partition coefficient (Wildman–Crippen LogP) is 8.36. The van der Waals surface area contributed by atoms with Gasteiger partial charge in [-0.1, -0.05) is 59.6 Å². The summed E-state index contributed by atoms with van der Waals surface area (Å²) in [6, 6.07) is 19.6. The molecule has 1 heterocycles. The van der Waals surface area contributed by atoms with Crippen LogP contribution in [0.5, 0.6) is 0 Å². The number of hydrogen-bond donors (Lipinski definition) is 1. The standard InChI is InChI=1S/C33H34Cl2FNO3/c1-2-40-32(25-19-37(20-25)16-4-15-36)22-9-7-21(8-10-22)31-27-13-11-24(33(38)39)17-23(27)5-3-6-29(31)28-14-12-26(34)18-30(28)35/h7-14,17-18,25,32H,2-6,15-16,19-20H2,1H3,(H,38,39). The van der Waals surface area contributed by atoms with Gasteiger partial charge in [0.25, 0.3) is 0 Å². The molecule has 3 aromatic rings. The molecule has 1 unspecified atom stereocenters. The summed E-state index contributed by atoms with van der Waals surface area (Å²) in [7, 11) is 0. The SMILES string of the molecule is CCOC(c1ccc(C2=C(c3ccc(Cl)cc3Cl)CCCc3cc(C(=O)O)ccc32)cc1)C1CN(CCCF)C1. The zero-order valence-electron chi connectivity index (χ0n) is 22.6. The molecule has 7 heteroatoms. The van der Waals surface area contributed by atoms with E-state index < -0.39 is 5.97 Å². The first-order valence-electron chi connectivity index (χ1n) is 13.9. The van der Waals surface area contributed by atoms with E-state index in [1.54, 1.807) is 18.2 Å². The average molecular weight is 583 g/mol. The summed E-state index contributed by atoms with van der Waals surface area (Å²) in [6.45, 7) is 4.97. The highest BCUT2D eigenvalue weighted by Gasteiger charge is 2.34. The zero-order chi connectivity index (χ0) is 28.2. The molecule has 1 atom stereocenters. The number of carbonyl (C=O) groups is 1. The lowest BCUT2D eigenvalue weighted by atomic mass is 9.85. The average Bonchev–Trinajstić information content (AvgIpc) is 3.11. The monoisotopic (exact) mass is 581 g/mol. The van der Waals surface area contributed by atoms with Gasteiger partial charge in [0.2, 0.25) is 0 Å². The van der Waals surface area contributed by atoms with Crippen LogP contribution in [0.3, 0.4) is 0 Å². The number of fused-ring (bicyclic) bond motifs is 1. The number of benzene rings is 3. The van der Waals surface area contributed by atoms with Gasteiger partial charge in [-0.3, -0.25) is 4.39 Å². The van der Waals surface area contributed by atoms with Crippen molar-refractivity contribution in [1.82, 2.24) is 4.90 Å². The van der Waals surface area contributed by atoms with E-state index in [0.717, 1.165) is 77.9 Å². The molecule has 0 spiro atoms. The van der Waals surface area contributed by atoms with Crippen molar-refractivity contribution in [3.8, 4) is 0 Å². The minimum Gasteiger partial charge on any atom is -0.478 e. The maximum Gasteiger partial charge on any atom is 0.335 e. The Morgan fingerprint density at radius 1 is 1.05 bits per heavy atom. The molecule has 2 aliphatic rings. The second-order valence-corrected chi connectivity index (χ2v) is 11.4. The summed E-state index contributed by atoms with van der Waals surface area (Å²) in [4.78, 5) is 14.0. The number of alkyl halides is 1. The van der Waals surface area contributed by atoms with Crippen molar-refractivity contribution in [3.63, 3.8) is 0 Å². The highest BCUT2D eigenvalue weighted by molar-refractivity contribution is 6.36. The van der Waals surface area contributed by atoms with Crippen molar-refractivity contribution in [2.24, 2.45) is 5.92 Å². The first-order chi connectivity index (χ1) is 19.4. The number of nitrogens with zero attached hydrogens (tertiary/aromatic N) is 1. The molecule has 0 aromatic heterocycles. The Hall–Kier alpha value is -2.70. The minimum atomic E-state index is -0.927. The lowest BCUT2D eigenvalue weighted by molar-refractivity contribution is -0.0484. The van der Waals surface area contributed by atoms with Gasteiger partial charge in [0.1, 0.15) is 0 Å². The molecule has 5 rings (SSSR count). The molecular weight excluding hydrogens is 548 g/mol. The third kappa shape index (κ3) is 6.13. The molecule has 0 radical (unpaired) electrons. The summed E-state index contributed by atoms with van der Waals surface area (Å²) < 4.78 is 18.8. The Kier molecular flexibility index (Phi) is 9.27. The Labute approximate surface area is 245 Å². The Morgan fingerprint density at radius 2 is 1.80 bits per heavy atom. The van der Waals surface area contributed by atoms with Gasteiger partial charge < -0.3 is 14.7 Å². The number of hydrogen-bond acceptors (Lipinski definition) is 3. The maximum atomic E-state index is 12.6. The second-order valence-electron chi connectivity index (χ2n) is 10.6. The van der Waals surface area contributed by atoms with E-state index in [1.807, 2.05) is 25.1 Å². The lowest BCUT2D eigenvalue weighted by Gasteiger charge is -2.43. The van der Waals surface area contributed by atoms with E-state index in [4.69, 9.17) is 27.9 Å². The fourth-order valence-electron chi connectivity index (χ4n) is 6.04. The fraction of sp³-hybridized carbons (Fsp3) is 0.364. The number of likely N-dealkylation sites (tertiary alicyclic amines) is 1. The molecule has 1 aliphatic carbocycles. The van der Waals surface area contributed by atoms with Crippen molar-refractivity contribution in [3.05, 3.63) is 104 Å². The third-order valence-electron chi connectivity index (χ3n) is 7.95. The number of carboxylic acid groups (broad SMARTS) is 1. The molecule has 3 aromatic carbocycles. The fourth-order valence-corrected chi connectivity index (χ4v) is 6.57. The van der Waals surface area contributed by atoms with Gasteiger partial charge in [0.05, 0.1) is 18.3 Å². The van der Waals surface area contributed by atoms with E-state index >= 15 is 0 Å². The van der Waals surface area contributed by atoms with Gasteiger partial charge in [-0.25, -0.2) is 4.79 Å². The smallest absolute Gasteiger partial charge is 0.335 e. The van der Waals surface area contributed by atoms with Crippen LogP contribution in [0, 0.1) is 5.92 Å². The summed E-state index contributed by atoms with van der Waals surface area (Å²) in [6.07, 6.45) is 3.01. The van der Waals surface area contributed by atoms with Gasteiger partial charge in [0, 0.05) is 42.2 Å². The van der Waals surface area contributed by atoms with Crippen LogP contribution >= 0.6 is 23.2 Å². The molecule has 1 aliphatic heterocycles. The van der Waals surface area contributed by atoms with Crippen LogP contribution in [0.4, 0.5) is 4.39 Å². The van der Waals surface area contributed by atoms with Gasteiger partial charge in [0.15, 0.2) is 0 Å². The van der Waals surface area contributed by atoms with Crippen molar-refractivity contribution < 1.29 is 19.0 Å². The van der Waals surface area contributed by atoms with Crippen LogP contribution in [0.15, 0.2) is 60.7 Å². The number of ether oxygens (including phenoxy) is 1. The molecule has 0 amide bonds. The topological polar surface area (TPSA) is 49.8 Å². The number of carboxylic acids is 1. The number of allylic oxidation sites excluding steroid dienone is 1. The Balaban J connectivity index is 1.55. The van der Waals surface area contributed by atoms with Gasteiger partial charge in [-0.2, -0.15) is 0 Å². The Morgan fingerprint density at radius 3 is 2.48 bits per heavy atom. The first-order valence-corrected chi connectivity index (χ1v) is 14.7. The third-order valence-corrected chi connectivity index (χ3v) is 8.50. The summed E-state index contributed by atoms with van der Waals surface area (Å²) >= 11 is 13.0. The molecule has 1 saturated heterocycles. The summed E-state index contributed by atoms with van der Waals surface area (Å²) in [5.41, 5.74) is 7.65. The van der Waals surface area contributed by atoms with Crippen LogP contribution in [-0.4, -0.2) is 48.9 Å². The quantitative estimate of drug-likeness (QED) is 0.261. The number of halogens is 3. The highest BCUT2D eigenvalue weighted by atomic mass is 35.5. The van der Waals surface area contributed by atoms with Crippen LogP contribution in [0.25, 0.3) is 11.1 Å². The van der Waals surface area contributed by atoms with E-state index in [2.05, 4.69) is 29.2 Å². The molecule has 0 saturated carbocycles. The van der Waals surface area contributed by atoms with Crippen LogP contribution < -0.4 is 0 Å². The normalized spacial score (nSPS) is 16.8. The van der Waals surface area contributed by atoms with E-state index in [-0.39, 0.29) is 12.8 Å². The van der Waals surface area contributed by atoms with Crippen molar-refractivity contribution in [2.75, 3.05) is 32.9 Å². The summed E-state index contributed by atoms with van der Waals surface area (Å²) in [5.74, 6) is -0.551. The first kappa shape index (κ1) is 28.8. The predicted molar refractivity (Wildman–Crippen MR) is 160 cm³/mol. The number of aromatic carboxylic acids is 1. The number of rotatable bonds is 10. The molecule has 210 valence electrons. The van der Waals surface area contributed by atoms with Crippen molar-refractivity contribution in [1.29, 1.82) is 0 Å².